The number of ketones is 1. The lowest BCUT2D eigenvalue weighted by Gasteiger charge is -2.59. The van der Waals surface area contributed by atoms with Crippen LogP contribution >= 0.6 is 0 Å². The number of Topliss-reactive ketones (excluding diaryl/α,β-unsaturated/α-hetero) is 1. The zero-order chi connectivity index (χ0) is 17.2. The molecule has 130 valence electrons. The second-order valence-electron chi connectivity index (χ2n) is 8.65. The molecule has 2 aliphatic carbocycles. The van der Waals surface area contributed by atoms with Crippen LogP contribution in [0.4, 0.5) is 0 Å². The molecule has 0 unspecified atom stereocenters. The molecule has 0 heterocycles. The molecule has 2 rings (SSSR count). The molecule has 2 saturated carbocycles. The third-order valence-electron chi connectivity index (χ3n) is 7.26. The maximum Gasteiger partial charge on any atom is 0.136 e. The van der Waals surface area contributed by atoms with E-state index < -0.39 is 0 Å². The number of rotatable bonds is 6. The molecular weight excluding hydrogens is 280 g/mol. The van der Waals surface area contributed by atoms with Crippen molar-refractivity contribution in [3.8, 4) is 0 Å². The van der Waals surface area contributed by atoms with Crippen molar-refractivity contribution in [1.29, 1.82) is 0 Å². The molecule has 0 spiro atoms. The summed E-state index contributed by atoms with van der Waals surface area (Å²) in [5.74, 6) is 3.33. The Morgan fingerprint density at radius 1 is 1.26 bits per heavy atom. The van der Waals surface area contributed by atoms with Gasteiger partial charge in [-0.25, -0.2) is 0 Å². The highest BCUT2D eigenvalue weighted by Crippen LogP contribution is 2.60. The molecule has 0 saturated heterocycles. The molecular formula is C22H36O. The van der Waals surface area contributed by atoms with Gasteiger partial charge in [-0.2, -0.15) is 0 Å². The molecule has 0 N–H and O–H groups in total. The van der Waals surface area contributed by atoms with Crippen molar-refractivity contribution in [2.75, 3.05) is 0 Å². The van der Waals surface area contributed by atoms with Crippen LogP contribution in [0.25, 0.3) is 0 Å². The van der Waals surface area contributed by atoms with Gasteiger partial charge in [-0.3, -0.25) is 4.79 Å². The lowest BCUT2D eigenvalue weighted by Crippen LogP contribution is -2.54. The SMILES string of the molecule is C=CCC[C@@H]1[C@H](C)C(=O)C[C@H]2CC[C@H](C)[C@@H](CCC(=C)C)[C@@]21C. The van der Waals surface area contributed by atoms with Gasteiger partial charge < -0.3 is 0 Å². The minimum absolute atomic E-state index is 0.217. The Morgan fingerprint density at radius 3 is 2.57 bits per heavy atom. The number of fused-ring (bicyclic) bond motifs is 1. The van der Waals surface area contributed by atoms with Gasteiger partial charge in [0.15, 0.2) is 0 Å². The summed E-state index contributed by atoms with van der Waals surface area (Å²) < 4.78 is 0. The predicted molar refractivity (Wildman–Crippen MR) is 99.2 cm³/mol. The van der Waals surface area contributed by atoms with Gasteiger partial charge in [0.2, 0.25) is 0 Å². The minimum Gasteiger partial charge on any atom is -0.299 e. The number of allylic oxidation sites excluding steroid dienone is 2. The van der Waals surface area contributed by atoms with Crippen LogP contribution < -0.4 is 0 Å². The summed E-state index contributed by atoms with van der Waals surface area (Å²) in [6.45, 7) is 17.3. The van der Waals surface area contributed by atoms with E-state index in [1.54, 1.807) is 0 Å². The number of hydrogen-bond acceptors (Lipinski definition) is 1. The average Bonchev–Trinajstić information content (AvgIpc) is 2.48. The van der Waals surface area contributed by atoms with E-state index in [-0.39, 0.29) is 5.92 Å². The van der Waals surface area contributed by atoms with E-state index in [9.17, 15) is 4.79 Å². The Hall–Kier alpha value is -0.850. The largest absolute Gasteiger partial charge is 0.299 e. The van der Waals surface area contributed by atoms with E-state index in [4.69, 9.17) is 0 Å². The van der Waals surface area contributed by atoms with Crippen LogP contribution in [0.1, 0.15) is 72.6 Å². The summed E-state index contributed by atoms with van der Waals surface area (Å²) in [5.41, 5.74) is 1.61. The zero-order valence-corrected chi connectivity index (χ0v) is 15.7. The van der Waals surface area contributed by atoms with Crippen molar-refractivity contribution >= 4 is 5.78 Å². The highest BCUT2D eigenvalue weighted by molar-refractivity contribution is 5.82. The molecule has 0 radical (unpaired) electrons. The van der Waals surface area contributed by atoms with Crippen LogP contribution in [0.15, 0.2) is 24.8 Å². The molecule has 0 aromatic rings. The minimum atomic E-state index is 0.217. The third kappa shape index (κ3) is 3.49. The predicted octanol–water partition coefficient (Wildman–Crippen LogP) is 6.20. The first-order chi connectivity index (χ1) is 10.8. The van der Waals surface area contributed by atoms with Gasteiger partial charge >= 0.3 is 0 Å². The normalized spacial score (nSPS) is 40.5. The molecule has 1 nitrogen and oxygen atoms in total. The Morgan fingerprint density at radius 2 is 1.96 bits per heavy atom. The maximum absolute atomic E-state index is 12.6. The van der Waals surface area contributed by atoms with Crippen LogP contribution in [0.5, 0.6) is 0 Å². The Balaban J connectivity index is 2.34. The molecule has 0 aromatic heterocycles. The van der Waals surface area contributed by atoms with Gasteiger partial charge in [0.25, 0.3) is 0 Å². The molecule has 1 heteroatoms. The number of carbonyl (C=O) groups excluding carboxylic acids is 1. The van der Waals surface area contributed by atoms with Crippen molar-refractivity contribution in [2.24, 2.45) is 35.0 Å². The van der Waals surface area contributed by atoms with Crippen molar-refractivity contribution in [3.05, 3.63) is 24.8 Å². The fourth-order valence-electron chi connectivity index (χ4n) is 5.84. The second kappa shape index (κ2) is 7.36. The van der Waals surface area contributed by atoms with Crippen LogP contribution in [0.3, 0.4) is 0 Å². The second-order valence-corrected chi connectivity index (χ2v) is 8.65. The van der Waals surface area contributed by atoms with E-state index in [0.717, 1.165) is 37.5 Å². The van der Waals surface area contributed by atoms with Crippen LogP contribution in [0, 0.1) is 35.0 Å². The zero-order valence-electron chi connectivity index (χ0n) is 15.7. The summed E-state index contributed by atoms with van der Waals surface area (Å²) in [7, 11) is 0. The standard InChI is InChI=1S/C22H36O/c1-7-8-9-20-17(5)21(23)14-18-12-11-16(4)19(22(18,20)6)13-10-15(2)3/h7,16-20H,1-2,8-14H2,3-6H3/t16-,17-,18+,19+,20+,22+/m0/s1. The Labute approximate surface area is 143 Å². The van der Waals surface area contributed by atoms with E-state index in [1.807, 2.05) is 6.08 Å². The van der Waals surface area contributed by atoms with E-state index in [2.05, 4.69) is 40.9 Å². The van der Waals surface area contributed by atoms with E-state index in [0.29, 0.717) is 23.0 Å². The number of carbonyl (C=O) groups is 1. The smallest absolute Gasteiger partial charge is 0.136 e. The fourth-order valence-corrected chi connectivity index (χ4v) is 5.84. The molecule has 0 amide bonds. The summed E-state index contributed by atoms with van der Waals surface area (Å²) >= 11 is 0. The highest BCUT2D eigenvalue weighted by Gasteiger charge is 2.55. The first kappa shape index (κ1) is 18.5. The topological polar surface area (TPSA) is 17.1 Å². The van der Waals surface area contributed by atoms with Gasteiger partial charge in [0.1, 0.15) is 5.78 Å². The van der Waals surface area contributed by atoms with Gasteiger partial charge in [0, 0.05) is 12.3 Å². The molecule has 0 bridgehead atoms. The molecule has 2 fully saturated rings. The summed E-state index contributed by atoms with van der Waals surface area (Å²) in [5, 5.41) is 0. The monoisotopic (exact) mass is 316 g/mol. The van der Waals surface area contributed by atoms with Crippen molar-refractivity contribution in [2.45, 2.75) is 72.6 Å². The lowest BCUT2D eigenvalue weighted by atomic mass is 9.45. The number of hydrogen-bond donors (Lipinski definition) is 0. The van der Waals surface area contributed by atoms with Crippen LogP contribution in [0.2, 0.25) is 0 Å². The first-order valence-corrected chi connectivity index (χ1v) is 9.60. The molecule has 23 heavy (non-hydrogen) atoms. The Bertz CT molecular complexity index is 463. The average molecular weight is 317 g/mol. The van der Waals surface area contributed by atoms with Gasteiger partial charge in [-0.1, -0.05) is 38.8 Å². The summed E-state index contributed by atoms with van der Waals surface area (Å²) in [4.78, 5) is 12.6. The maximum atomic E-state index is 12.6. The third-order valence-corrected chi connectivity index (χ3v) is 7.26. The summed E-state index contributed by atoms with van der Waals surface area (Å²) in [6, 6.07) is 0. The molecule has 2 aliphatic rings. The van der Waals surface area contributed by atoms with Gasteiger partial charge in [0.05, 0.1) is 0 Å². The molecule has 0 aromatic carbocycles. The Kier molecular flexibility index (Phi) is 5.92. The summed E-state index contributed by atoms with van der Waals surface area (Å²) in [6.07, 6.45) is 9.91. The quantitative estimate of drug-likeness (QED) is 0.533. The van der Waals surface area contributed by atoms with E-state index in [1.165, 1.54) is 24.8 Å². The van der Waals surface area contributed by atoms with Gasteiger partial charge in [-0.15, -0.1) is 13.2 Å². The fraction of sp³-hybridized carbons (Fsp3) is 0.773. The van der Waals surface area contributed by atoms with E-state index >= 15 is 0 Å². The van der Waals surface area contributed by atoms with Crippen molar-refractivity contribution < 1.29 is 4.79 Å². The van der Waals surface area contributed by atoms with Crippen molar-refractivity contribution in [3.63, 3.8) is 0 Å². The van der Waals surface area contributed by atoms with Crippen LogP contribution in [-0.2, 0) is 4.79 Å². The highest BCUT2D eigenvalue weighted by atomic mass is 16.1. The molecule has 6 atom stereocenters. The van der Waals surface area contributed by atoms with Crippen LogP contribution in [-0.4, -0.2) is 5.78 Å². The first-order valence-electron chi connectivity index (χ1n) is 9.60. The van der Waals surface area contributed by atoms with Crippen molar-refractivity contribution in [1.82, 2.24) is 0 Å². The van der Waals surface area contributed by atoms with Gasteiger partial charge in [-0.05, 0) is 68.1 Å². The molecule has 0 aliphatic heterocycles. The lowest BCUT2D eigenvalue weighted by molar-refractivity contribution is -0.148.